The Morgan fingerprint density at radius 1 is 1.00 bits per heavy atom. The van der Waals surface area contributed by atoms with Crippen LogP contribution in [0.2, 0.25) is 15.1 Å². The Bertz CT molecular complexity index is 632. The summed E-state index contributed by atoms with van der Waals surface area (Å²) < 4.78 is 5.32. The minimum Gasteiger partial charge on any atom is -0.482 e. The van der Waals surface area contributed by atoms with Gasteiger partial charge in [-0.2, -0.15) is 0 Å². The lowest BCUT2D eigenvalue weighted by Crippen LogP contribution is -2.20. The van der Waals surface area contributed by atoms with E-state index in [0.29, 0.717) is 26.5 Å². The van der Waals surface area contributed by atoms with Crippen molar-refractivity contribution in [3.8, 4) is 5.75 Å². The third-order valence-corrected chi connectivity index (χ3v) is 3.55. The highest BCUT2D eigenvalue weighted by molar-refractivity contribution is 6.44. The largest absolute Gasteiger partial charge is 0.482 e. The van der Waals surface area contributed by atoms with Gasteiger partial charge in [0.1, 0.15) is 5.75 Å². The summed E-state index contributed by atoms with van der Waals surface area (Å²) in [6.07, 6.45) is 0. The quantitative estimate of drug-likeness (QED) is 0.885. The third kappa shape index (κ3) is 3.79. The van der Waals surface area contributed by atoms with E-state index in [1.54, 1.807) is 42.5 Å². The van der Waals surface area contributed by atoms with Gasteiger partial charge in [-0.25, -0.2) is 0 Å². The molecule has 2 aromatic rings. The van der Waals surface area contributed by atoms with Gasteiger partial charge in [0.05, 0.1) is 20.8 Å². The summed E-state index contributed by atoms with van der Waals surface area (Å²) in [6.45, 7) is -0.174. The molecule has 2 aromatic carbocycles. The second kappa shape index (κ2) is 6.84. The van der Waals surface area contributed by atoms with Crippen molar-refractivity contribution >= 4 is 46.4 Å². The SMILES string of the molecule is O=C(COc1ccccc1Cl)Nc1cccc(Cl)c1Cl. The number of carbonyl (C=O) groups is 1. The van der Waals surface area contributed by atoms with Crippen LogP contribution in [0, 0.1) is 0 Å². The van der Waals surface area contributed by atoms with Crippen molar-refractivity contribution in [2.24, 2.45) is 0 Å². The van der Waals surface area contributed by atoms with Gasteiger partial charge in [0.25, 0.3) is 5.91 Å². The van der Waals surface area contributed by atoms with Crippen LogP contribution in [0.5, 0.6) is 5.75 Å². The molecule has 0 radical (unpaired) electrons. The van der Waals surface area contributed by atoms with Crippen LogP contribution < -0.4 is 10.1 Å². The van der Waals surface area contributed by atoms with Gasteiger partial charge in [-0.05, 0) is 24.3 Å². The molecule has 0 atom stereocenters. The van der Waals surface area contributed by atoms with Crippen LogP contribution in [0.15, 0.2) is 42.5 Å². The van der Waals surface area contributed by atoms with Crippen molar-refractivity contribution in [3.05, 3.63) is 57.5 Å². The molecule has 0 aliphatic heterocycles. The topological polar surface area (TPSA) is 38.3 Å². The molecule has 0 heterocycles. The number of carbonyl (C=O) groups excluding carboxylic acids is 1. The lowest BCUT2D eigenvalue weighted by molar-refractivity contribution is -0.118. The minimum atomic E-state index is -0.353. The van der Waals surface area contributed by atoms with E-state index in [1.165, 1.54) is 0 Å². The molecule has 104 valence electrons. The van der Waals surface area contributed by atoms with Crippen LogP contribution in [0.25, 0.3) is 0 Å². The van der Waals surface area contributed by atoms with Crippen molar-refractivity contribution < 1.29 is 9.53 Å². The van der Waals surface area contributed by atoms with Crippen molar-refractivity contribution in [1.29, 1.82) is 0 Å². The summed E-state index contributed by atoms with van der Waals surface area (Å²) in [5, 5.41) is 3.73. The maximum absolute atomic E-state index is 11.8. The van der Waals surface area contributed by atoms with Crippen molar-refractivity contribution in [2.75, 3.05) is 11.9 Å². The molecule has 0 saturated heterocycles. The summed E-state index contributed by atoms with van der Waals surface area (Å²) in [4.78, 5) is 11.8. The van der Waals surface area contributed by atoms with E-state index in [9.17, 15) is 4.79 Å². The predicted octanol–water partition coefficient (Wildman–Crippen LogP) is 4.66. The van der Waals surface area contributed by atoms with Crippen LogP contribution in [-0.2, 0) is 4.79 Å². The Morgan fingerprint density at radius 2 is 1.70 bits per heavy atom. The average molecular weight is 331 g/mol. The Labute approximate surface area is 131 Å². The second-order valence-corrected chi connectivity index (χ2v) is 5.06. The van der Waals surface area contributed by atoms with Crippen molar-refractivity contribution in [1.82, 2.24) is 0 Å². The Kier molecular flexibility index (Phi) is 5.12. The fourth-order valence-electron chi connectivity index (χ4n) is 1.49. The molecule has 3 nitrogen and oxygen atoms in total. The fraction of sp³-hybridized carbons (Fsp3) is 0.0714. The highest BCUT2D eigenvalue weighted by atomic mass is 35.5. The minimum absolute atomic E-state index is 0.174. The van der Waals surface area contributed by atoms with Crippen LogP contribution in [0.4, 0.5) is 5.69 Å². The number of hydrogen-bond acceptors (Lipinski definition) is 2. The predicted molar refractivity (Wildman–Crippen MR) is 82.0 cm³/mol. The van der Waals surface area contributed by atoms with Gasteiger partial charge in [-0.1, -0.05) is 53.0 Å². The Balaban J connectivity index is 1.96. The van der Waals surface area contributed by atoms with E-state index < -0.39 is 0 Å². The molecular formula is C14H10Cl3NO2. The maximum atomic E-state index is 11.8. The van der Waals surface area contributed by atoms with E-state index in [-0.39, 0.29) is 12.5 Å². The number of para-hydroxylation sites is 1. The van der Waals surface area contributed by atoms with Crippen LogP contribution in [-0.4, -0.2) is 12.5 Å². The van der Waals surface area contributed by atoms with Crippen molar-refractivity contribution in [3.63, 3.8) is 0 Å². The number of halogens is 3. The molecule has 0 fully saturated rings. The lowest BCUT2D eigenvalue weighted by Gasteiger charge is -2.10. The van der Waals surface area contributed by atoms with Gasteiger partial charge >= 0.3 is 0 Å². The molecule has 2 rings (SSSR count). The molecule has 0 spiro atoms. The van der Waals surface area contributed by atoms with E-state index in [1.807, 2.05) is 0 Å². The molecule has 0 aliphatic carbocycles. The molecule has 0 aromatic heterocycles. The Morgan fingerprint density at radius 3 is 2.45 bits per heavy atom. The molecule has 0 unspecified atom stereocenters. The van der Waals surface area contributed by atoms with E-state index >= 15 is 0 Å². The summed E-state index contributed by atoms with van der Waals surface area (Å²) >= 11 is 17.7. The summed E-state index contributed by atoms with van der Waals surface area (Å²) in [6, 6.07) is 11.9. The highest BCUT2D eigenvalue weighted by Gasteiger charge is 2.09. The Hall–Kier alpha value is -1.42. The number of anilines is 1. The number of benzene rings is 2. The number of rotatable bonds is 4. The van der Waals surface area contributed by atoms with Gasteiger partial charge in [0.15, 0.2) is 6.61 Å². The molecule has 0 saturated carbocycles. The molecule has 1 amide bonds. The second-order valence-electron chi connectivity index (χ2n) is 3.87. The summed E-state index contributed by atoms with van der Waals surface area (Å²) in [7, 11) is 0. The first-order valence-corrected chi connectivity index (χ1v) is 6.82. The van der Waals surface area contributed by atoms with E-state index in [2.05, 4.69) is 5.32 Å². The molecule has 0 bridgehead atoms. The van der Waals surface area contributed by atoms with Crippen LogP contribution >= 0.6 is 34.8 Å². The van der Waals surface area contributed by atoms with Crippen molar-refractivity contribution in [2.45, 2.75) is 0 Å². The fourth-order valence-corrected chi connectivity index (χ4v) is 2.03. The normalized spacial score (nSPS) is 10.2. The van der Waals surface area contributed by atoms with Gasteiger partial charge in [-0.15, -0.1) is 0 Å². The third-order valence-electron chi connectivity index (χ3n) is 2.42. The molecule has 6 heteroatoms. The monoisotopic (exact) mass is 329 g/mol. The summed E-state index contributed by atoms with van der Waals surface area (Å²) in [5.74, 6) is 0.0931. The molecule has 20 heavy (non-hydrogen) atoms. The molecule has 0 aliphatic rings. The van der Waals surface area contributed by atoms with Gasteiger partial charge in [0, 0.05) is 0 Å². The maximum Gasteiger partial charge on any atom is 0.262 e. The number of hydrogen-bond donors (Lipinski definition) is 1. The molecular weight excluding hydrogens is 321 g/mol. The standard InChI is InChI=1S/C14H10Cl3NO2/c15-9-4-1-2-7-12(9)20-8-13(19)18-11-6-3-5-10(16)14(11)17/h1-7H,8H2,(H,18,19). The van der Waals surface area contributed by atoms with Crippen LogP contribution in [0.1, 0.15) is 0 Å². The number of amides is 1. The molecule has 1 N–H and O–H groups in total. The first-order chi connectivity index (χ1) is 9.58. The van der Waals surface area contributed by atoms with Gasteiger partial charge in [0.2, 0.25) is 0 Å². The lowest BCUT2D eigenvalue weighted by atomic mass is 10.3. The zero-order valence-electron chi connectivity index (χ0n) is 10.2. The van der Waals surface area contributed by atoms with Gasteiger partial charge < -0.3 is 10.1 Å². The average Bonchev–Trinajstić information content (AvgIpc) is 2.43. The number of nitrogens with one attached hydrogen (secondary N) is 1. The zero-order chi connectivity index (χ0) is 14.5. The summed E-state index contributed by atoms with van der Waals surface area (Å²) in [5.41, 5.74) is 0.437. The highest BCUT2D eigenvalue weighted by Crippen LogP contribution is 2.29. The van der Waals surface area contributed by atoms with E-state index in [4.69, 9.17) is 39.5 Å². The zero-order valence-corrected chi connectivity index (χ0v) is 12.5. The smallest absolute Gasteiger partial charge is 0.262 e. The first-order valence-electron chi connectivity index (χ1n) is 5.69. The first kappa shape index (κ1) is 15.0. The van der Waals surface area contributed by atoms with E-state index in [0.717, 1.165) is 0 Å². The van der Waals surface area contributed by atoms with Crippen LogP contribution in [0.3, 0.4) is 0 Å². The number of ether oxygens (including phenoxy) is 1. The van der Waals surface area contributed by atoms with Gasteiger partial charge in [-0.3, -0.25) is 4.79 Å².